The largest absolute Gasteiger partial charge is 0.476 e. The van der Waals surface area contributed by atoms with Gasteiger partial charge in [0.1, 0.15) is 16.5 Å². The van der Waals surface area contributed by atoms with Gasteiger partial charge in [-0.05, 0) is 61.3 Å². The molecule has 1 amide bonds. The lowest BCUT2D eigenvalue weighted by atomic mass is 10.2. The summed E-state index contributed by atoms with van der Waals surface area (Å²) >= 11 is 1.24. The molecule has 1 aliphatic heterocycles. The summed E-state index contributed by atoms with van der Waals surface area (Å²) in [6, 6.07) is 12.9. The third-order valence-electron chi connectivity index (χ3n) is 6.87. The van der Waals surface area contributed by atoms with Crippen LogP contribution in [0.4, 0.5) is 10.1 Å². The summed E-state index contributed by atoms with van der Waals surface area (Å²) in [4.78, 5) is 27.0. The lowest BCUT2D eigenvalue weighted by Crippen LogP contribution is -2.48. The number of aromatic carboxylic acids is 1. The van der Waals surface area contributed by atoms with Crippen molar-refractivity contribution >= 4 is 38.9 Å². The van der Waals surface area contributed by atoms with Gasteiger partial charge in [0.05, 0.1) is 10.6 Å². The molecule has 42 heavy (non-hydrogen) atoms. The lowest BCUT2D eigenvalue weighted by molar-refractivity contribution is 0.0689. The average molecular weight is 614 g/mol. The van der Waals surface area contributed by atoms with E-state index in [0.717, 1.165) is 17.3 Å². The molecule has 4 aromatic rings. The Labute approximate surface area is 245 Å². The molecule has 11 nitrogen and oxygen atoms in total. The molecule has 0 spiro atoms. The number of piperazine rings is 1. The van der Waals surface area contributed by atoms with Crippen LogP contribution in [0.1, 0.15) is 32.6 Å². The Morgan fingerprint density at radius 2 is 1.86 bits per heavy atom. The molecule has 220 valence electrons. The molecule has 0 unspecified atom stereocenters. The van der Waals surface area contributed by atoms with Gasteiger partial charge in [-0.3, -0.25) is 4.79 Å². The molecule has 0 bridgehead atoms. The number of likely N-dealkylation sites (N-methyl/N-ethyl adjacent to an activating group) is 1. The molecule has 0 aliphatic carbocycles. The van der Waals surface area contributed by atoms with Crippen LogP contribution in [-0.4, -0.2) is 77.1 Å². The highest BCUT2D eigenvalue weighted by Crippen LogP contribution is 2.37. The van der Waals surface area contributed by atoms with Crippen molar-refractivity contribution in [2.24, 2.45) is 0 Å². The number of carboxylic acids is 1. The third-order valence-corrected chi connectivity index (χ3v) is 9.66. The summed E-state index contributed by atoms with van der Waals surface area (Å²) in [5.41, 5.74) is 0.185. The van der Waals surface area contributed by atoms with Crippen LogP contribution in [0.25, 0.3) is 5.69 Å². The first kappa shape index (κ1) is 29.4. The number of nitrogens with zero attached hydrogens (tertiary/aromatic N) is 4. The number of rotatable bonds is 9. The number of ether oxygens (including phenoxy) is 1. The number of halogens is 1. The van der Waals surface area contributed by atoms with E-state index in [1.165, 1.54) is 59.0 Å². The molecule has 0 saturated carbocycles. The maximum atomic E-state index is 14.1. The van der Waals surface area contributed by atoms with E-state index in [1.807, 2.05) is 6.92 Å². The van der Waals surface area contributed by atoms with E-state index in [0.29, 0.717) is 18.0 Å². The number of carbonyl (C=O) groups is 2. The Morgan fingerprint density at radius 3 is 2.50 bits per heavy atom. The minimum absolute atomic E-state index is 0.0966. The van der Waals surface area contributed by atoms with E-state index in [2.05, 4.69) is 15.3 Å². The van der Waals surface area contributed by atoms with Crippen LogP contribution < -0.4 is 10.1 Å². The monoisotopic (exact) mass is 613 g/mol. The van der Waals surface area contributed by atoms with Crippen molar-refractivity contribution < 1.29 is 32.2 Å². The maximum Gasteiger partial charge on any atom is 0.356 e. The molecule has 14 heteroatoms. The fraction of sp³-hybridized carbons (Fsp3) is 0.250. The van der Waals surface area contributed by atoms with Gasteiger partial charge in [0.15, 0.2) is 5.69 Å². The van der Waals surface area contributed by atoms with Crippen LogP contribution in [0, 0.1) is 12.7 Å². The van der Waals surface area contributed by atoms with Gasteiger partial charge < -0.3 is 20.1 Å². The Hall–Kier alpha value is -4.11. The number of sulfonamides is 1. The fourth-order valence-corrected chi connectivity index (χ4v) is 6.77. The van der Waals surface area contributed by atoms with Gasteiger partial charge >= 0.3 is 5.97 Å². The molecule has 5 rings (SSSR count). The Bertz CT molecular complexity index is 1730. The highest BCUT2D eigenvalue weighted by molar-refractivity contribution is 7.89. The first-order valence-electron chi connectivity index (χ1n) is 13.1. The molecule has 2 N–H and O–H groups in total. The van der Waals surface area contributed by atoms with Crippen molar-refractivity contribution in [3.63, 3.8) is 0 Å². The third kappa shape index (κ3) is 5.92. The van der Waals surface area contributed by atoms with Gasteiger partial charge in [0.2, 0.25) is 15.9 Å². The van der Waals surface area contributed by atoms with Crippen molar-refractivity contribution in [1.82, 2.24) is 19.0 Å². The van der Waals surface area contributed by atoms with E-state index < -0.39 is 27.7 Å². The van der Waals surface area contributed by atoms with E-state index in [9.17, 15) is 27.5 Å². The summed E-state index contributed by atoms with van der Waals surface area (Å²) in [7, 11) is -4.14. The molecule has 2 aromatic carbocycles. The smallest absolute Gasteiger partial charge is 0.356 e. The number of benzene rings is 2. The minimum Gasteiger partial charge on any atom is -0.476 e. The van der Waals surface area contributed by atoms with E-state index >= 15 is 0 Å². The number of amides is 1. The van der Waals surface area contributed by atoms with Gasteiger partial charge in [0, 0.05) is 37.4 Å². The molecule has 1 fully saturated rings. The normalized spacial score (nSPS) is 14.5. The van der Waals surface area contributed by atoms with E-state index in [4.69, 9.17) is 4.74 Å². The second-order valence-corrected chi connectivity index (χ2v) is 12.4. The topological polar surface area (TPSA) is 134 Å². The summed E-state index contributed by atoms with van der Waals surface area (Å²) in [5, 5.41) is 18.3. The molecule has 0 radical (unpaired) electrons. The number of aromatic nitrogens is 2. The van der Waals surface area contributed by atoms with Gasteiger partial charge in [-0.2, -0.15) is 14.1 Å². The van der Waals surface area contributed by atoms with E-state index in [-0.39, 0.29) is 52.2 Å². The molecular formula is C28H28FN5O6S2. The zero-order chi connectivity index (χ0) is 30.0. The van der Waals surface area contributed by atoms with Crippen molar-refractivity contribution in [2.75, 3.05) is 38.0 Å². The number of carbonyl (C=O) groups excluding carboxylic acids is 1. The second kappa shape index (κ2) is 12.0. The lowest BCUT2D eigenvalue weighted by Gasteiger charge is -2.33. The quantitative estimate of drug-likeness (QED) is 0.283. The number of hydrogen-bond donors (Lipinski definition) is 2. The summed E-state index contributed by atoms with van der Waals surface area (Å²) in [5.74, 6) is -2.52. The molecular weight excluding hydrogens is 585 g/mol. The standard InChI is InChI=1S/C28H28FN5O6S2/c1-3-32-11-13-33(14-12-32)42(38,39)24-17-20(30-26(35)23-8-5-15-41-23)9-10-22(24)40-27-18(2)25(28(36)37)31-34(27)21-7-4-6-19(29)16-21/h4-10,15-17H,3,11-14H2,1-2H3,(H,30,35)(H,36,37). The van der Waals surface area contributed by atoms with Gasteiger partial charge in [-0.1, -0.05) is 19.1 Å². The average Bonchev–Trinajstić information content (AvgIpc) is 3.63. The van der Waals surface area contributed by atoms with Crippen LogP contribution in [0.5, 0.6) is 11.6 Å². The number of nitrogens with one attached hydrogen (secondary N) is 1. The number of carboxylic acid groups (broad SMARTS) is 1. The van der Waals surface area contributed by atoms with Crippen LogP contribution >= 0.6 is 11.3 Å². The van der Waals surface area contributed by atoms with Gasteiger partial charge in [-0.15, -0.1) is 11.3 Å². The van der Waals surface area contributed by atoms with E-state index in [1.54, 1.807) is 17.5 Å². The van der Waals surface area contributed by atoms with Crippen molar-refractivity contribution in [2.45, 2.75) is 18.7 Å². The zero-order valence-electron chi connectivity index (χ0n) is 22.8. The zero-order valence-corrected chi connectivity index (χ0v) is 24.4. The van der Waals surface area contributed by atoms with Gasteiger partial charge in [-0.25, -0.2) is 17.6 Å². The molecule has 0 atom stereocenters. The molecule has 2 aromatic heterocycles. The highest BCUT2D eigenvalue weighted by atomic mass is 32.2. The number of anilines is 1. The van der Waals surface area contributed by atoms with Crippen LogP contribution in [0.2, 0.25) is 0 Å². The summed E-state index contributed by atoms with van der Waals surface area (Å²) < 4.78 is 50.7. The minimum atomic E-state index is -4.14. The number of thiophene rings is 1. The Kier molecular flexibility index (Phi) is 8.41. The number of hydrogen-bond acceptors (Lipinski definition) is 8. The predicted octanol–water partition coefficient (Wildman–Crippen LogP) is 4.45. The molecule has 1 saturated heterocycles. The molecule has 3 heterocycles. The van der Waals surface area contributed by atoms with Crippen molar-refractivity contribution in [3.05, 3.63) is 81.9 Å². The first-order chi connectivity index (χ1) is 20.1. The van der Waals surface area contributed by atoms with Gasteiger partial charge in [0.25, 0.3) is 5.91 Å². The van der Waals surface area contributed by atoms with Crippen molar-refractivity contribution in [1.29, 1.82) is 0 Å². The van der Waals surface area contributed by atoms with Crippen LogP contribution in [0.3, 0.4) is 0 Å². The molecule has 1 aliphatic rings. The summed E-state index contributed by atoms with van der Waals surface area (Å²) in [6.07, 6.45) is 0. The van der Waals surface area contributed by atoms with Crippen LogP contribution in [0.15, 0.2) is 64.9 Å². The second-order valence-electron chi connectivity index (χ2n) is 9.51. The van der Waals surface area contributed by atoms with Crippen LogP contribution in [-0.2, 0) is 10.0 Å². The highest BCUT2D eigenvalue weighted by Gasteiger charge is 2.32. The first-order valence-corrected chi connectivity index (χ1v) is 15.4. The summed E-state index contributed by atoms with van der Waals surface area (Å²) in [6.45, 7) is 5.88. The fourth-order valence-electron chi connectivity index (χ4n) is 4.59. The van der Waals surface area contributed by atoms with Crippen molar-refractivity contribution in [3.8, 4) is 17.3 Å². The Balaban J connectivity index is 1.59. The maximum absolute atomic E-state index is 14.1. The Morgan fingerprint density at radius 1 is 1.10 bits per heavy atom. The SMILES string of the molecule is CCN1CCN(S(=O)(=O)c2cc(NC(=O)c3cccs3)ccc2Oc2c(C)c(C(=O)O)nn2-c2cccc(F)c2)CC1. The predicted molar refractivity (Wildman–Crippen MR) is 155 cm³/mol.